The molecule has 0 aromatic heterocycles. The third-order valence-corrected chi connectivity index (χ3v) is 6.75. The molecule has 0 radical (unpaired) electrons. The number of nitrogens with zero attached hydrogens (tertiary/aromatic N) is 1. The third-order valence-electron chi connectivity index (χ3n) is 5.26. The minimum Gasteiger partial charge on any atom is -0.494 e. The molecule has 0 saturated heterocycles. The lowest BCUT2D eigenvalue weighted by molar-refractivity contribution is -0.139. The second kappa shape index (κ2) is 12.3. The van der Waals surface area contributed by atoms with Crippen molar-refractivity contribution in [2.75, 3.05) is 19.7 Å². The first-order chi connectivity index (χ1) is 16.7. The molecule has 1 heterocycles. The number of sulfonamides is 1. The third kappa shape index (κ3) is 8.37. The number of carbonyl (C=O) groups is 2. The fourth-order valence-electron chi connectivity index (χ4n) is 3.34. The van der Waals surface area contributed by atoms with Crippen LogP contribution in [0.25, 0.3) is 0 Å². The van der Waals surface area contributed by atoms with Gasteiger partial charge in [-0.2, -0.15) is 4.72 Å². The van der Waals surface area contributed by atoms with Crippen LogP contribution < -0.4 is 20.1 Å². The number of guanidine groups is 1. The fourth-order valence-corrected chi connectivity index (χ4v) is 4.53. The highest BCUT2D eigenvalue weighted by atomic mass is 32.2. The van der Waals surface area contributed by atoms with Crippen molar-refractivity contribution in [1.82, 2.24) is 15.4 Å². The Labute approximate surface area is 204 Å². The predicted molar refractivity (Wildman–Crippen MR) is 131 cm³/mol. The van der Waals surface area contributed by atoms with Gasteiger partial charge in [-0.3, -0.25) is 19.9 Å². The molecule has 2 aromatic rings. The van der Waals surface area contributed by atoms with Crippen LogP contribution in [0, 0.1) is 6.92 Å². The van der Waals surface area contributed by atoms with Gasteiger partial charge in [0, 0.05) is 19.5 Å². The molecule has 1 atom stereocenters. The van der Waals surface area contributed by atoms with Gasteiger partial charge >= 0.3 is 5.97 Å². The van der Waals surface area contributed by atoms with Crippen LogP contribution in [0.1, 0.15) is 30.4 Å². The molecule has 10 nitrogen and oxygen atoms in total. The maximum Gasteiger partial charge on any atom is 0.322 e. The number of rotatable bonds is 11. The molecule has 1 amide bonds. The number of ether oxygens (including phenoxy) is 1. The molecule has 2 aromatic carbocycles. The van der Waals surface area contributed by atoms with Gasteiger partial charge in [-0.05, 0) is 56.0 Å². The zero-order valence-electron chi connectivity index (χ0n) is 19.5. The Balaban J connectivity index is 1.47. The van der Waals surface area contributed by atoms with Crippen LogP contribution in [-0.2, 0) is 26.0 Å². The van der Waals surface area contributed by atoms with E-state index in [-0.39, 0.29) is 17.2 Å². The molecular weight excluding hydrogens is 472 g/mol. The average Bonchev–Trinajstić information content (AvgIpc) is 2.83. The summed E-state index contributed by atoms with van der Waals surface area (Å²) < 4.78 is 33.1. The lowest BCUT2D eigenvalue weighted by Crippen LogP contribution is -2.43. The van der Waals surface area contributed by atoms with Crippen LogP contribution in [-0.4, -0.2) is 57.1 Å². The Morgan fingerprint density at radius 3 is 2.49 bits per heavy atom. The van der Waals surface area contributed by atoms with Crippen molar-refractivity contribution in [1.29, 1.82) is 0 Å². The van der Waals surface area contributed by atoms with E-state index >= 15 is 0 Å². The number of benzene rings is 2. The molecule has 1 aliphatic heterocycles. The number of aryl methyl sites for hydroxylation is 1. The van der Waals surface area contributed by atoms with E-state index < -0.39 is 22.0 Å². The summed E-state index contributed by atoms with van der Waals surface area (Å²) in [6.07, 6.45) is 1.73. The number of aliphatic imine (C=N–C) groups is 1. The maximum atomic E-state index is 12.6. The second-order valence-electron chi connectivity index (χ2n) is 8.18. The van der Waals surface area contributed by atoms with Gasteiger partial charge in [0.25, 0.3) is 0 Å². The van der Waals surface area contributed by atoms with E-state index in [9.17, 15) is 23.1 Å². The quantitative estimate of drug-likeness (QED) is 0.341. The number of hydrogen-bond donors (Lipinski definition) is 4. The smallest absolute Gasteiger partial charge is 0.322 e. The minimum absolute atomic E-state index is 0.00905. The van der Waals surface area contributed by atoms with Crippen LogP contribution in [0.2, 0.25) is 0 Å². The van der Waals surface area contributed by atoms with Crippen molar-refractivity contribution in [3.8, 4) is 5.75 Å². The molecular formula is C24H30N4O6S. The van der Waals surface area contributed by atoms with E-state index in [1.807, 2.05) is 6.92 Å². The molecule has 188 valence electrons. The molecule has 0 fully saturated rings. The number of nitrogens with one attached hydrogen (secondary N) is 3. The number of carbonyl (C=O) groups excluding carboxylic acids is 1. The summed E-state index contributed by atoms with van der Waals surface area (Å²) in [5, 5.41) is 15.3. The highest BCUT2D eigenvalue weighted by molar-refractivity contribution is 7.89. The van der Waals surface area contributed by atoms with Gasteiger partial charge in [-0.1, -0.05) is 29.8 Å². The van der Waals surface area contributed by atoms with E-state index in [1.54, 1.807) is 36.4 Å². The molecule has 1 unspecified atom stereocenters. The monoisotopic (exact) mass is 502 g/mol. The van der Waals surface area contributed by atoms with Crippen molar-refractivity contribution < 1.29 is 27.9 Å². The van der Waals surface area contributed by atoms with E-state index in [2.05, 4.69) is 20.3 Å². The van der Waals surface area contributed by atoms with Gasteiger partial charge in [0.15, 0.2) is 5.96 Å². The van der Waals surface area contributed by atoms with Crippen LogP contribution in [0.4, 0.5) is 0 Å². The Kier molecular flexibility index (Phi) is 9.21. The number of carboxylic acids is 1. The maximum absolute atomic E-state index is 12.6. The summed E-state index contributed by atoms with van der Waals surface area (Å²) in [5.74, 6) is -0.322. The van der Waals surface area contributed by atoms with Crippen molar-refractivity contribution >= 4 is 27.9 Å². The number of carboxylic acid groups (broad SMARTS) is 1. The molecule has 11 heteroatoms. The SMILES string of the molecule is Cc1ccc(S(=O)(=O)NC(Cc2ccc(OCCCC(=O)NC3=NCCCN3)cc2)C(=O)O)cc1. The normalized spacial score (nSPS) is 14.4. The highest BCUT2D eigenvalue weighted by Crippen LogP contribution is 2.16. The summed E-state index contributed by atoms with van der Waals surface area (Å²) in [5.41, 5.74) is 1.53. The first kappa shape index (κ1) is 26.2. The topological polar surface area (TPSA) is 146 Å². The van der Waals surface area contributed by atoms with Crippen molar-refractivity contribution in [2.24, 2.45) is 4.99 Å². The Hall–Kier alpha value is -3.44. The zero-order chi connectivity index (χ0) is 25.3. The molecule has 4 N–H and O–H groups in total. The standard InChI is InChI=1S/C24H30N4O6S/c1-17-5-11-20(12-6-17)35(32,33)28-21(23(30)31)16-18-7-9-19(10-8-18)34-15-2-4-22(29)27-24-25-13-3-14-26-24/h5-12,21,28H,2-4,13-16H2,1H3,(H,30,31)(H2,25,26,27,29). The van der Waals surface area contributed by atoms with Gasteiger partial charge < -0.3 is 15.2 Å². The van der Waals surface area contributed by atoms with E-state index in [0.29, 0.717) is 43.3 Å². The molecule has 1 aliphatic rings. The second-order valence-corrected chi connectivity index (χ2v) is 9.90. The number of hydrogen-bond acceptors (Lipinski definition) is 7. The summed E-state index contributed by atoms with van der Waals surface area (Å²) >= 11 is 0. The summed E-state index contributed by atoms with van der Waals surface area (Å²) in [6.45, 7) is 3.66. The molecule has 0 saturated carbocycles. The summed E-state index contributed by atoms with van der Waals surface area (Å²) in [6, 6.07) is 11.6. The number of aliphatic carboxylic acids is 1. The summed E-state index contributed by atoms with van der Waals surface area (Å²) in [4.78, 5) is 27.8. The predicted octanol–water partition coefficient (Wildman–Crippen LogP) is 1.59. The van der Waals surface area contributed by atoms with Crippen molar-refractivity contribution in [3.05, 3.63) is 59.7 Å². The van der Waals surface area contributed by atoms with Crippen LogP contribution in [0.5, 0.6) is 5.75 Å². The molecule has 35 heavy (non-hydrogen) atoms. The van der Waals surface area contributed by atoms with E-state index in [0.717, 1.165) is 18.5 Å². The summed E-state index contributed by atoms with van der Waals surface area (Å²) in [7, 11) is -3.98. The Morgan fingerprint density at radius 1 is 1.14 bits per heavy atom. The van der Waals surface area contributed by atoms with Gasteiger partial charge in [0.05, 0.1) is 11.5 Å². The van der Waals surface area contributed by atoms with Gasteiger partial charge in [-0.15, -0.1) is 0 Å². The first-order valence-corrected chi connectivity index (χ1v) is 12.8. The van der Waals surface area contributed by atoms with Crippen LogP contribution >= 0.6 is 0 Å². The van der Waals surface area contributed by atoms with Crippen molar-refractivity contribution in [3.63, 3.8) is 0 Å². The zero-order valence-corrected chi connectivity index (χ0v) is 20.3. The first-order valence-electron chi connectivity index (χ1n) is 11.3. The Bertz CT molecular complexity index is 1150. The fraction of sp³-hybridized carbons (Fsp3) is 0.375. The molecule has 0 spiro atoms. The lowest BCUT2D eigenvalue weighted by atomic mass is 10.1. The van der Waals surface area contributed by atoms with Crippen LogP contribution in [0.15, 0.2) is 58.4 Å². The molecule has 3 rings (SSSR count). The van der Waals surface area contributed by atoms with Gasteiger partial charge in [0.2, 0.25) is 15.9 Å². The largest absolute Gasteiger partial charge is 0.494 e. The lowest BCUT2D eigenvalue weighted by Gasteiger charge is -2.16. The molecule has 0 aliphatic carbocycles. The Morgan fingerprint density at radius 2 is 1.86 bits per heavy atom. The van der Waals surface area contributed by atoms with Gasteiger partial charge in [-0.25, -0.2) is 8.42 Å². The van der Waals surface area contributed by atoms with Crippen LogP contribution in [0.3, 0.4) is 0 Å². The van der Waals surface area contributed by atoms with E-state index in [1.165, 1.54) is 12.1 Å². The molecule has 0 bridgehead atoms. The van der Waals surface area contributed by atoms with E-state index in [4.69, 9.17) is 4.74 Å². The number of amides is 1. The average molecular weight is 503 g/mol. The minimum atomic E-state index is -3.98. The highest BCUT2D eigenvalue weighted by Gasteiger charge is 2.25. The van der Waals surface area contributed by atoms with Crippen molar-refractivity contribution in [2.45, 2.75) is 43.5 Å². The van der Waals surface area contributed by atoms with Gasteiger partial charge in [0.1, 0.15) is 11.8 Å².